The van der Waals surface area contributed by atoms with Crippen molar-refractivity contribution >= 4 is 5.97 Å². The Morgan fingerprint density at radius 2 is 1.86 bits per heavy atom. The largest absolute Gasteiger partial charge is 0.478 e. The molecule has 1 spiro atoms. The molecule has 1 unspecified atom stereocenters. The first-order valence-electron chi connectivity index (χ1n) is 9.91. The van der Waals surface area contributed by atoms with Crippen LogP contribution in [0, 0.1) is 5.41 Å². The van der Waals surface area contributed by atoms with E-state index in [1.807, 2.05) is 18.2 Å². The van der Waals surface area contributed by atoms with E-state index in [2.05, 4.69) is 5.32 Å². The van der Waals surface area contributed by atoms with Gasteiger partial charge >= 0.3 is 5.97 Å². The van der Waals surface area contributed by atoms with Crippen LogP contribution in [0.5, 0.6) is 0 Å². The molecule has 2 aliphatic rings. The summed E-state index contributed by atoms with van der Waals surface area (Å²) >= 11 is 0. The number of piperidine rings is 1. The summed E-state index contributed by atoms with van der Waals surface area (Å²) in [5, 5.41) is 24.7. The molecule has 1 aliphatic heterocycles. The van der Waals surface area contributed by atoms with E-state index in [1.54, 1.807) is 12.1 Å². The number of nitrogens with one attached hydrogen (secondary N) is 1. The Labute approximate surface area is 163 Å². The summed E-state index contributed by atoms with van der Waals surface area (Å²) in [5.41, 5.74) is -0.374. The van der Waals surface area contributed by atoms with Gasteiger partial charge in [0, 0.05) is 29.8 Å². The molecular weight excluding hydrogens is 356 g/mol. The fourth-order valence-corrected chi connectivity index (χ4v) is 5.00. The lowest BCUT2D eigenvalue weighted by Gasteiger charge is -2.49. The van der Waals surface area contributed by atoms with Crippen LogP contribution in [-0.2, 0) is 6.54 Å². The van der Waals surface area contributed by atoms with E-state index in [1.165, 1.54) is 16.8 Å². The maximum Gasteiger partial charge on any atom is 0.337 e. The van der Waals surface area contributed by atoms with E-state index < -0.39 is 11.6 Å². The fraction of sp³-hybridized carbons (Fsp3) is 0.455. The minimum atomic E-state index is -1.08. The minimum Gasteiger partial charge on any atom is -0.478 e. The Morgan fingerprint density at radius 3 is 2.54 bits per heavy atom. The number of benzene rings is 1. The zero-order chi connectivity index (χ0) is 19.8. The second-order valence-electron chi connectivity index (χ2n) is 8.18. The second kappa shape index (κ2) is 7.18. The second-order valence-corrected chi connectivity index (χ2v) is 8.18. The van der Waals surface area contributed by atoms with Crippen molar-refractivity contribution in [3.05, 3.63) is 58.5 Å². The van der Waals surface area contributed by atoms with E-state index in [0.717, 1.165) is 32.2 Å². The molecule has 1 saturated heterocycles. The number of carboxylic acids is 1. The highest BCUT2D eigenvalue weighted by atomic mass is 16.4. The highest BCUT2D eigenvalue weighted by Crippen LogP contribution is 2.49. The smallest absolute Gasteiger partial charge is 0.337 e. The van der Waals surface area contributed by atoms with Crippen LogP contribution in [0.4, 0.5) is 0 Å². The molecule has 148 valence electrons. The van der Waals surface area contributed by atoms with E-state index in [4.69, 9.17) is 0 Å². The van der Waals surface area contributed by atoms with Gasteiger partial charge in [-0.3, -0.25) is 4.79 Å². The maximum absolute atomic E-state index is 12.9. The van der Waals surface area contributed by atoms with Gasteiger partial charge in [0.2, 0.25) is 0 Å². The Morgan fingerprint density at radius 1 is 1.14 bits per heavy atom. The third-order valence-electron chi connectivity index (χ3n) is 6.60. The van der Waals surface area contributed by atoms with Gasteiger partial charge in [0.1, 0.15) is 0 Å². The summed E-state index contributed by atoms with van der Waals surface area (Å²) in [7, 11) is 0. The predicted octanol–water partition coefficient (Wildman–Crippen LogP) is 2.50. The first-order chi connectivity index (χ1) is 13.4. The molecular formula is C22H26N2O4. The molecule has 6 nitrogen and oxygen atoms in total. The fourth-order valence-electron chi connectivity index (χ4n) is 5.00. The molecule has 1 atom stereocenters. The Hall–Kier alpha value is -2.44. The van der Waals surface area contributed by atoms with E-state index in [-0.39, 0.29) is 23.1 Å². The van der Waals surface area contributed by atoms with Crippen molar-refractivity contribution in [3.8, 4) is 11.1 Å². The van der Waals surface area contributed by atoms with Gasteiger partial charge in [0.25, 0.3) is 5.56 Å². The van der Waals surface area contributed by atoms with Crippen molar-refractivity contribution in [1.29, 1.82) is 0 Å². The normalized spacial score (nSPS) is 23.8. The number of aromatic nitrogens is 1. The van der Waals surface area contributed by atoms with Crippen LogP contribution >= 0.6 is 0 Å². The summed E-state index contributed by atoms with van der Waals surface area (Å²) in [4.78, 5) is 24.7. The van der Waals surface area contributed by atoms with Crippen molar-refractivity contribution in [2.24, 2.45) is 5.41 Å². The SMILES string of the molecule is O=C(O)c1cn(CC2(O)CCNCC23CCCC3)c(=O)cc1-c1ccccc1. The van der Waals surface area contributed by atoms with Crippen LogP contribution in [0.15, 0.2) is 47.4 Å². The third-order valence-corrected chi connectivity index (χ3v) is 6.60. The van der Waals surface area contributed by atoms with Gasteiger partial charge in [-0.25, -0.2) is 4.79 Å². The average molecular weight is 382 g/mol. The van der Waals surface area contributed by atoms with Crippen LogP contribution in [-0.4, -0.2) is 39.4 Å². The van der Waals surface area contributed by atoms with Crippen molar-refractivity contribution in [2.75, 3.05) is 13.1 Å². The first-order valence-corrected chi connectivity index (χ1v) is 9.91. The Bertz CT molecular complexity index is 931. The summed E-state index contributed by atoms with van der Waals surface area (Å²) in [6.45, 7) is 1.57. The minimum absolute atomic E-state index is 0.0730. The third kappa shape index (κ3) is 3.16. The van der Waals surface area contributed by atoms with E-state index in [0.29, 0.717) is 24.1 Å². The van der Waals surface area contributed by atoms with Crippen molar-refractivity contribution < 1.29 is 15.0 Å². The molecule has 6 heteroatoms. The molecule has 1 saturated carbocycles. The van der Waals surface area contributed by atoms with Crippen molar-refractivity contribution in [3.63, 3.8) is 0 Å². The molecule has 4 rings (SSSR count). The first kappa shape index (κ1) is 18.9. The van der Waals surface area contributed by atoms with Gasteiger partial charge in [0.15, 0.2) is 0 Å². The number of rotatable bonds is 4. The van der Waals surface area contributed by atoms with Crippen LogP contribution < -0.4 is 10.9 Å². The molecule has 0 amide bonds. The van der Waals surface area contributed by atoms with Gasteiger partial charge in [-0.1, -0.05) is 43.2 Å². The molecule has 1 aromatic carbocycles. The lowest BCUT2D eigenvalue weighted by Crippen LogP contribution is -2.60. The number of hydrogen-bond donors (Lipinski definition) is 3. The molecule has 28 heavy (non-hydrogen) atoms. The monoisotopic (exact) mass is 382 g/mol. The number of aromatic carboxylic acids is 1. The number of hydrogen-bond acceptors (Lipinski definition) is 4. The summed E-state index contributed by atoms with van der Waals surface area (Å²) in [6.07, 6.45) is 5.97. The zero-order valence-electron chi connectivity index (χ0n) is 15.9. The number of pyridine rings is 1. The van der Waals surface area contributed by atoms with Crippen LogP contribution in [0.3, 0.4) is 0 Å². The quantitative estimate of drug-likeness (QED) is 0.756. The van der Waals surface area contributed by atoms with Crippen LogP contribution in [0.2, 0.25) is 0 Å². The van der Waals surface area contributed by atoms with E-state index >= 15 is 0 Å². The van der Waals surface area contributed by atoms with Crippen molar-refractivity contribution in [2.45, 2.75) is 44.2 Å². The molecule has 1 aromatic heterocycles. The molecule has 0 bridgehead atoms. The van der Waals surface area contributed by atoms with Gasteiger partial charge < -0.3 is 20.1 Å². The highest BCUT2D eigenvalue weighted by Gasteiger charge is 2.53. The lowest BCUT2D eigenvalue weighted by atomic mass is 9.66. The standard InChI is InChI=1S/C22H26N2O4/c25-19-12-17(16-6-2-1-3-7-16)18(20(26)27)13-24(19)15-22(28)10-11-23-14-21(22)8-4-5-9-21/h1-3,6-7,12-13,23,28H,4-5,8-11,14-15H2,(H,26,27). The van der Waals surface area contributed by atoms with Gasteiger partial charge in [-0.2, -0.15) is 0 Å². The summed E-state index contributed by atoms with van der Waals surface area (Å²) in [6, 6.07) is 10.4. The average Bonchev–Trinajstić information content (AvgIpc) is 3.16. The maximum atomic E-state index is 12.9. The Kier molecular flexibility index (Phi) is 4.85. The van der Waals surface area contributed by atoms with Crippen molar-refractivity contribution in [1.82, 2.24) is 9.88 Å². The highest BCUT2D eigenvalue weighted by molar-refractivity contribution is 5.95. The number of carboxylic acid groups (broad SMARTS) is 1. The number of aliphatic hydroxyl groups is 1. The number of nitrogens with zero attached hydrogens (tertiary/aromatic N) is 1. The predicted molar refractivity (Wildman–Crippen MR) is 106 cm³/mol. The Balaban J connectivity index is 1.75. The van der Waals surface area contributed by atoms with Crippen LogP contribution in [0.1, 0.15) is 42.5 Å². The number of carbonyl (C=O) groups is 1. The lowest BCUT2D eigenvalue weighted by molar-refractivity contribution is -0.115. The molecule has 0 radical (unpaired) electrons. The van der Waals surface area contributed by atoms with Gasteiger partial charge in [0.05, 0.1) is 17.7 Å². The van der Waals surface area contributed by atoms with Gasteiger partial charge in [-0.05, 0) is 31.4 Å². The molecule has 1 aliphatic carbocycles. The zero-order valence-corrected chi connectivity index (χ0v) is 15.9. The van der Waals surface area contributed by atoms with Crippen LogP contribution in [0.25, 0.3) is 11.1 Å². The van der Waals surface area contributed by atoms with Gasteiger partial charge in [-0.15, -0.1) is 0 Å². The summed E-state index contributed by atoms with van der Waals surface area (Å²) < 4.78 is 1.39. The molecule has 3 N–H and O–H groups in total. The summed E-state index contributed by atoms with van der Waals surface area (Å²) in [5.74, 6) is -1.08. The molecule has 2 fully saturated rings. The molecule has 2 heterocycles. The molecule has 2 aromatic rings. The van der Waals surface area contributed by atoms with E-state index in [9.17, 15) is 19.8 Å². The topological polar surface area (TPSA) is 91.6 Å².